The lowest BCUT2D eigenvalue weighted by molar-refractivity contribution is -0.138. The summed E-state index contributed by atoms with van der Waals surface area (Å²) in [5.41, 5.74) is -0.555. The zero-order valence-corrected chi connectivity index (χ0v) is 22.9. The van der Waals surface area contributed by atoms with Gasteiger partial charge in [0.05, 0.1) is 24.5 Å². The van der Waals surface area contributed by atoms with Crippen LogP contribution in [0.2, 0.25) is 5.02 Å². The maximum atomic E-state index is 13.8. The molecule has 0 bridgehead atoms. The van der Waals surface area contributed by atoms with E-state index in [0.717, 1.165) is 23.0 Å². The largest absolute Gasteiger partial charge is 0.450 e. The van der Waals surface area contributed by atoms with Crippen molar-refractivity contribution in [2.45, 2.75) is 12.7 Å². The molecule has 42 heavy (non-hydrogen) atoms. The number of ether oxygens (including phenoxy) is 1. The topological polar surface area (TPSA) is 134 Å². The number of hydrogen-bond donors (Lipinski definition) is 4. The van der Waals surface area contributed by atoms with Crippen molar-refractivity contribution in [2.75, 3.05) is 12.4 Å². The molecule has 0 amide bonds. The quantitative estimate of drug-likeness (QED) is 0.182. The normalized spacial score (nSPS) is 14.3. The number of halogens is 4. The van der Waals surface area contributed by atoms with E-state index in [2.05, 4.69) is 30.9 Å². The lowest BCUT2D eigenvalue weighted by Crippen LogP contribution is -2.31. The van der Waals surface area contributed by atoms with Crippen LogP contribution in [0, 0.1) is 5.41 Å². The minimum atomic E-state index is -4.70. The van der Waals surface area contributed by atoms with Crippen LogP contribution >= 0.6 is 11.6 Å². The number of allylic oxidation sites excluding steroid dienone is 1. The van der Waals surface area contributed by atoms with E-state index in [0.29, 0.717) is 17.1 Å². The summed E-state index contributed by atoms with van der Waals surface area (Å²) in [7, 11) is 3.22. The minimum Gasteiger partial charge on any atom is -0.450 e. The lowest BCUT2D eigenvalue weighted by Gasteiger charge is -2.17. The molecule has 0 saturated carbocycles. The fraction of sp³-hybridized carbons (Fsp3) is 0.148. The van der Waals surface area contributed by atoms with E-state index >= 15 is 0 Å². The van der Waals surface area contributed by atoms with Crippen molar-refractivity contribution in [1.82, 2.24) is 29.7 Å². The summed E-state index contributed by atoms with van der Waals surface area (Å²) < 4.78 is 49.6. The fourth-order valence-electron chi connectivity index (χ4n) is 4.21. The first-order valence-electron chi connectivity index (χ1n) is 12.3. The summed E-state index contributed by atoms with van der Waals surface area (Å²) in [6.45, 7) is -0.0651. The van der Waals surface area contributed by atoms with Gasteiger partial charge in [-0.15, -0.1) is 0 Å². The van der Waals surface area contributed by atoms with Gasteiger partial charge in [-0.2, -0.15) is 18.2 Å². The number of pyridine rings is 2. The first kappa shape index (κ1) is 28.4. The molecule has 4 heterocycles. The van der Waals surface area contributed by atoms with Gasteiger partial charge >= 0.3 is 6.18 Å². The predicted octanol–water partition coefficient (Wildman–Crippen LogP) is 4.53. The highest BCUT2D eigenvalue weighted by molar-refractivity contribution is 6.36. The van der Waals surface area contributed by atoms with Gasteiger partial charge < -0.3 is 35.2 Å². The third-order valence-corrected chi connectivity index (χ3v) is 6.60. The number of imidazole rings is 1. The van der Waals surface area contributed by atoms with Crippen LogP contribution in [0.1, 0.15) is 11.1 Å². The summed E-state index contributed by atoms with van der Waals surface area (Å²) in [6, 6.07) is 9.41. The zero-order valence-electron chi connectivity index (χ0n) is 22.1. The molecule has 3 aromatic heterocycles. The first-order chi connectivity index (χ1) is 20.1. The van der Waals surface area contributed by atoms with Crippen molar-refractivity contribution in [3.63, 3.8) is 0 Å². The van der Waals surface area contributed by atoms with E-state index in [-0.39, 0.29) is 45.9 Å². The zero-order chi connectivity index (χ0) is 30.0. The molecule has 11 nitrogen and oxygen atoms in total. The van der Waals surface area contributed by atoms with Crippen LogP contribution in [-0.2, 0) is 19.8 Å². The SMILES string of the molecule is CNC1=NC=CN/C1=C(\C=N)Oc1cnc2nc(Nc3cc(C(F)(F)F)cn(Cc4ccccc4)c3=O)n(C)c2c1Cl. The third kappa shape index (κ3) is 5.56. The molecule has 0 saturated heterocycles. The van der Waals surface area contributed by atoms with Gasteiger partial charge in [-0.1, -0.05) is 41.9 Å². The van der Waals surface area contributed by atoms with Crippen molar-refractivity contribution in [2.24, 2.45) is 12.0 Å². The number of hydrogen-bond acceptors (Lipinski definition) is 9. The molecule has 15 heteroatoms. The van der Waals surface area contributed by atoms with Crippen molar-refractivity contribution in [3.05, 3.63) is 99.2 Å². The molecule has 0 fully saturated rings. The van der Waals surface area contributed by atoms with Gasteiger partial charge in [-0.3, -0.25) is 4.79 Å². The van der Waals surface area contributed by atoms with Crippen LogP contribution in [0.5, 0.6) is 5.75 Å². The van der Waals surface area contributed by atoms with Crippen molar-refractivity contribution < 1.29 is 17.9 Å². The second-order valence-electron chi connectivity index (χ2n) is 8.96. The number of nitrogens with one attached hydrogen (secondary N) is 4. The number of aromatic nitrogens is 4. The molecular weight excluding hydrogens is 575 g/mol. The van der Waals surface area contributed by atoms with Crippen LogP contribution in [-0.4, -0.2) is 38.2 Å². The Morgan fingerprint density at radius 2 is 2.02 bits per heavy atom. The van der Waals surface area contributed by atoms with Gasteiger partial charge in [0, 0.05) is 32.7 Å². The van der Waals surface area contributed by atoms with Crippen LogP contribution in [0.3, 0.4) is 0 Å². The average Bonchev–Trinajstić information content (AvgIpc) is 3.30. The summed E-state index contributed by atoms with van der Waals surface area (Å²) in [5, 5.41) is 16.5. The van der Waals surface area contributed by atoms with Gasteiger partial charge in [0.15, 0.2) is 23.0 Å². The summed E-state index contributed by atoms with van der Waals surface area (Å²) in [6.07, 6.45) is 1.45. The number of nitrogens with zero attached hydrogens (tertiary/aromatic N) is 5. The summed E-state index contributed by atoms with van der Waals surface area (Å²) in [5.74, 6) is 0.612. The number of fused-ring (bicyclic) bond motifs is 1. The first-order valence-corrected chi connectivity index (χ1v) is 12.7. The van der Waals surface area contributed by atoms with E-state index in [9.17, 15) is 18.0 Å². The predicted molar refractivity (Wildman–Crippen MR) is 153 cm³/mol. The molecule has 5 rings (SSSR count). The average molecular weight is 598 g/mol. The number of amidine groups is 1. The van der Waals surface area contributed by atoms with Crippen LogP contribution in [0.25, 0.3) is 11.2 Å². The smallest absolute Gasteiger partial charge is 0.417 e. The monoisotopic (exact) mass is 597 g/mol. The Balaban J connectivity index is 1.53. The Hall–Kier alpha value is -5.11. The third-order valence-electron chi connectivity index (χ3n) is 6.24. The number of anilines is 2. The highest BCUT2D eigenvalue weighted by Crippen LogP contribution is 2.35. The number of likely N-dealkylation sites (N-methyl/N-ethyl adjacent to an activating group) is 1. The molecule has 1 aromatic carbocycles. The molecule has 0 aliphatic carbocycles. The molecule has 4 N–H and O–H groups in total. The molecule has 0 unspecified atom stereocenters. The fourth-order valence-corrected chi connectivity index (χ4v) is 4.51. The van der Waals surface area contributed by atoms with E-state index in [1.165, 1.54) is 17.0 Å². The Kier molecular flexibility index (Phi) is 7.72. The molecular formula is C27H23ClF3N9O2. The maximum Gasteiger partial charge on any atom is 0.417 e. The number of alkyl halides is 3. The Morgan fingerprint density at radius 1 is 1.26 bits per heavy atom. The van der Waals surface area contributed by atoms with E-state index in [4.69, 9.17) is 21.7 Å². The minimum absolute atomic E-state index is 0.0218. The Labute approximate surface area is 241 Å². The van der Waals surface area contributed by atoms with Gasteiger partial charge in [0.25, 0.3) is 5.56 Å². The molecule has 216 valence electrons. The number of aryl methyl sites for hydroxylation is 1. The van der Waals surface area contributed by atoms with Gasteiger partial charge in [0.1, 0.15) is 21.9 Å². The number of aliphatic imine (C=N–C) groups is 1. The molecule has 0 radical (unpaired) electrons. The standard InChI is InChI=1S/C27H23ClF3N9O2/c1-33-23-21(34-8-9-35-23)18(11-32)42-19-12-36-24-22(20(19)28)39(2)26(38-24)37-17-10-16(27(29,30)31)14-40(25(17)41)13-15-6-4-3-5-7-15/h3-12,14,32,34H,13H2,1-2H3,(H,33,35)(H,36,37,38)/b21-18+,32-11?. The van der Waals surface area contributed by atoms with Gasteiger partial charge in [0.2, 0.25) is 5.95 Å². The molecule has 4 aromatic rings. The lowest BCUT2D eigenvalue weighted by atomic mass is 10.2. The highest BCUT2D eigenvalue weighted by Gasteiger charge is 2.32. The summed E-state index contributed by atoms with van der Waals surface area (Å²) in [4.78, 5) is 26.0. The highest BCUT2D eigenvalue weighted by atomic mass is 35.5. The maximum absolute atomic E-state index is 13.8. The molecule has 1 aliphatic heterocycles. The van der Waals surface area contributed by atoms with Crippen molar-refractivity contribution in [3.8, 4) is 5.75 Å². The molecule has 0 spiro atoms. The molecule has 0 atom stereocenters. The van der Waals surface area contributed by atoms with E-state index < -0.39 is 17.3 Å². The summed E-state index contributed by atoms with van der Waals surface area (Å²) >= 11 is 6.66. The van der Waals surface area contributed by atoms with Crippen LogP contribution in [0.4, 0.5) is 24.8 Å². The molecule has 1 aliphatic rings. The second kappa shape index (κ2) is 11.4. The van der Waals surface area contributed by atoms with Crippen molar-refractivity contribution >= 4 is 46.5 Å². The van der Waals surface area contributed by atoms with Gasteiger partial charge in [-0.25, -0.2) is 9.98 Å². The Bertz CT molecular complexity index is 1830. The van der Waals surface area contributed by atoms with Crippen molar-refractivity contribution in [1.29, 1.82) is 5.41 Å². The van der Waals surface area contributed by atoms with Crippen LogP contribution < -0.4 is 26.2 Å². The van der Waals surface area contributed by atoms with E-state index in [1.54, 1.807) is 50.6 Å². The van der Waals surface area contributed by atoms with E-state index in [1.807, 2.05) is 0 Å². The van der Waals surface area contributed by atoms with Gasteiger partial charge in [-0.05, 0) is 11.6 Å². The van der Waals surface area contributed by atoms with Crippen LogP contribution in [0.15, 0.2) is 82.4 Å². The Morgan fingerprint density at radius 3 is 2.71 bits per heavy atom. The second-order valence-corrected chi connectivity index (χ2v) is 9.34. The number of benzene rings is 1. The number of rotatable bonds is 7.